The minimum Gasteiger partial charge on any atom is -0.487 e. The minimum atomic E-state index is -4.59. The zero-order valence-electron chi connectivity index (χ0n) is 20.9. The molecule has 2 aromatic carbocycles. The molecule has 2 aromatic rings. The molecule has 1 spiro atoms. The SMILES string of the molecule is CC(C)(OC(O)N1CCC2(CCc3cc(-c4ccc(CS(C)(=O)=O)c(Cl)c4)ccc3O2)CC1)C(F)(F)F. The molecule has 0 aromatic heterocycles. The lowest BCUT2D eigenvalue weighted by molar-refractivity contribution is -0.333. The maximum absolute atomic E-state index is 13.1. The van der Waals surface area contributed by atoms with Crippen LogP contribution in [0.1, 0.15) is 44.2 Å². The normalized spacial score (nSPS) is 19.4. The van der Waals surface area contributed by atoms with E-state index in [1.165, 1.54) is 11.2 Å². The number of halogens is 4. The molecular formula is C26H31ClF3NO5S. The summed E-state index contributed by atoms with van der Waals surface area (Å²) < 4.78 is 73.9. The van der Waals surface area contributed by atoms with Crippen molar-refractivity contribution >= 4 is 21.4 Å². The molecule has 0 radical (unpaired) electrons. The van der Waals surface area contributed by atoms with Crippen LogP contribution in [0.5, 0.6) is 5.75 Å². The number of hydrogen-bond donors (Lipinski definition) is 1. The zero-order valence-corrected chi connectivity index (χ0v) is 22.5. The Kier molecular flexibility index (Phi) is 7.64. The number of sulfone groups is 1. The van der Waals surface area contributed by atoms with Gasteiger partial charge in [0.1, 0.15) is 11.4 Å². The van der Waals surface area contributed by atoms with E-state index in [2.05, 4.69) is 0 Å². The Labute approximate surface area is 220 Å². The van der Waals surface area contributed by atoms with E-state index >= 15 is 0 Å². The lowest BCUT2D eigenvalue weighted by atomic mass is 9.82. The molecule has 1 fully saturated rings. The van der Waals surface area contributed by atoms with Crippen molar-refractivity contribution in [1.29, 1.82) is 0 Å². The van der Waals surface area contributed by atoms with E-state index in [1.54, 1.807) is 12.1 Å². The number of likely N-dealkylation sites (tertiary alicyclic amines) is 1. The Bertz CT molecular complexity index is 1260. The first-order valence-electron chi connectivity index (χ1n) is 12.0. The maximum atomic E-state index is 13.1. The van der Waals surface area contributed by atoms with Gasteiger partial charge in [-0.2, -0.15) is 13.2 Å². The quantitative estimate of drug-likeness (QED) is 0.480. The van der Waals surface area contributed by atoms with Crippen LogP contribution in [0.15, 0.2) is 36.4 Å². The number of rotatable bonds is 6. The monoisotopic (exact) mass is 561 g/mol. The van der Waals surface area contributed by atoms with E-state index in [1.807, 2.05) is 24.3 Å². The summed E-state index contributed by atoms with van der Waals surface area (Å²) in [5.41, 5.74) is 0.499. The first kappa shape index (κ1) is 28.2. The molecule has 2 heterocycles. The second-order valence-corrected chi connectivity index (χ2v) is 13.0. The molecule has 11 heteroatoms. The number of nitrogens with zero attached hydrogens (tertiary/aromatic N) is 1. The molecule has 4 rings (SSSR count). The van der Waals surface area contributed by atoms with Gasteiger partial charge in [0.15, 0.2) is 15.4 Å². The predicted octanol–water partition coefficient (Wildman–Crippen LogP) is 5.34. The van der Waals surface area contributed by atoms with Crippen LogP contribution in [0.2, 0.25) is 5.02 Å². The zero-order chi connectivity index (χ0) is 27.2. The molecule has 2 aliphatic heterocycles. The number of fused-ring (bicyclic) bond motifs is 1. The van der Waals surface area contributed by atoms with Crippen LogP contribution >= 0.6 is 11.6 Å². The molecule has 1 saturated heterocycles. The summed E-state index contributed by atoms with van der Waals surface area (Å²) in [7, 11) is -3.20. The number of aryl methyl sites for hydroxylation is 1. The summed E-state index contributed by atoms with van der Waals surface area (Å²) in [6, 6.07) is 11.2. The maximum Gasteiger partial charge on any atom is 0.417 e. The van der Waals surface area contributed by atoms with Gasteiger partial charge in [-0.05, 0) is 67.1 Å². The van der Waals surface area contributed by atoms with Crippen LogP contribution in [-0.2, 0) is 26.7 Å². The van der Waals surface area contributed by atoms with Gasteiger partial charge in [-0.25, -0.2) is 8.42 Å². The van der Waals surface area contributed by atoms with Crippen molar-refractivity contribution in [1.82, 2.24) is 4.90 Å². The number of ether oxygens (including phenoxy) is 2. The van der Waals surface area contributed by atoms with Gasteiger partial charge in [0.2, 0.25) is 6.41 Å². The fourth-order valence-electron chi connectivity index (χ4n) is 4.74. The number of benzene rings is 2. The molecule has 0 amide bonds. The fourth-order valence-corrected chi connectivity index (χ4v) is 5.88. The highest BCUT2D eigenvalue weighted by Crippen LogP contribution is 2.42. The Hall–Kier alpha value is -1.85. The Morgan fingerprint density at radius 1 is 1.11 bits per heavy atom. The van der Waals surface area contributed by atoms with Gasteiger partial charge in [0.25, 0.3) is 0 Å². The minimum absolute atomic E-state index is 0.118. The second-order valence-electron chi connectivity index (χ2n) is 10.5. The number of aliphatic hydroxyl groups is 1. The third kappa shape index (κ3) is 6.42. The highest BCUT2D eigenvalue weighted by molar-refractivity contribution is 7.89. The van der Waals surface area contributed by atoms with Crippen molar-refractivity contribution in [3.8, 4) is 16.9 Å². The molecule has 204 valence electrons. The van der Waals surface area contributed by atoms with Crippen molar-refractivity contribution in [2.75, 3.05) is 19.3 Å². The Morgan fingerprint density at radius 2 is 1.73 bits per heavy atom. The topological polar surface area (TPSA) is 76.1 Å². The molecule has 37 heavy (non-hydrogen) atoms. The predicted molar refractivity (Wildman–Crippen MR) is 135 cm³/mol. The van der Waals surface area contributed by atoms with Crippen molar-refractivity contribution in [2.45, 2.75) is 69.1 Å². The van der Waals surface area contributed by atoms with Crippen LogP contribution < -0.4 is 4.74 Å². The molecule has 0 saturated carbocycles. The highest BCUT2D eigenvalue weighted by Gasteiger charge is 2.51. The fraction of sp³-hybridized carbons (Fsp3) is 0.538. The van der Waals surface area contributed by atoms with Gasteiger partial charge in [-0.15, -0.1) is 0 Å². The molecule has 6 nitrogen and oxygen atoms in total. The van der Waals surface area contributed by atoms with Gasteiger partial charge in [-0.3, -0.25) is 4.90 Å². The number of hydrogen-bond acceptors (Lipinski definition) is 6. The summed E-state index contributed by atoms with van der Waals surface area (Å²) in [6.07, 6.45) is -2.45. The van der Waals surface area contributed by atoms with Gasteiger partial charge in [0.05, 0.1) is 5.75 Å². The summed E-state index contributed by atoms with van der Waals surface area (Å²) in [5.74, 6) is 0.644. The molecular weight excluding hydrogens is 531 g/mol. The largest absolute Gasteiger partial charge is 0.487 e. The molecule has 1 atom stereocenters. The first-order valence-corrected chi connectivity index (χ1v) is 14.5. The molecule has 2 aliphatic rings. The Balaban J connectivity index is 1.41. The lowest BCUT2D eigenvalue weighted by Gasteiger charge is -2.46. The van der Waals surface area contributed by atoms with Crippen LogP contribution in [0.4, 0.5) is 13.2 Å². The lowest BCUT2D eigenvalue weighted by Crippen LogP contribution is -2.55. The third-order valence-electron chi connectivity index (χ3n) is 7.15. The van der Waals surface area contributed by atoms with E-state index in [4.69, 9.17) is 21.1 Å². The van der Waals surface area contributed by atoms with E-state index < -0.39 is 33.6 Å². The van der Waals surface area contributed by atoms with Crippen LogP contribution in [0, 0.1) is 0 Å². The van der Waals surface area contributed by atoms with E-state index in [-0.39, 0.29) is 5.75 Å². The van der Waals surface area contributed by atoms with Gasteiger partial charge in [-0.1, -0.05) is 29.8 Å². The molecule has 1 N–H and O–H groups in total. The number of piperidine rings is 1. The average molecular weight is 562 g/mol. The van der Waals surface area contributed by atoms with E-state index in [9.17, 15) is 26.7 Å². The average Bonchev–Trinajstić information content (AvgIpc) is 2.78. The molecule has 0 bridgehead atoms. The van der Waals surface area contributed by atoms with Crippen molar-refractivity contribution < 1.29 is 36.2 Å². The number of alkyl halides is 3. The van der Waals surface area contributed by atoms with Gasteiger partial charge < -0.3 is 14.6 Å². The standard InChI is InChI=1S/C26H31ClF3NO5S/c1-24(2,26(28,29)30)36-23(32)31-12-10-25(11-13-31)9-8-19-14-17(6-7-22(19)35-25)18-4-5-20(21(27)15-18)16-37(3,33)34/h4-7,14-15,23,32H,8-13,16H2,1-3H3. The summed E-state index contributed by atoms with van der Waals surface area (Å²) in [5, 5.41) is 10.7. The van der Waals surface area contributed by atoms with Crippen molar-refractivity contribution in [3.05, 3.63) is 52.5 Å². The first-order chi connectivity index (χ1) is 17.1. The van der Waals surface area contributed by atoms with E-state index in [0.29, 0.717) is 36.5 Å². The van der Waals surface area contributed by atoms with Gasteiger partial charge in [0, 0.05) is 37.2 Å². The molecule has 1 unspecified atom stereocenters. The van der Waals surface area contributed by atoms with Crippen LogP contribution in [-0.4, -0.2) is 61.6 Å². The second kappa shape index (κ2) is 10.0. The van der Waals surface area contributed by atoms with E-state index in [0.717, 1.165) is 49.1 Å². The van der Waals surface area contributed by atoms with Crippen LogP contribution in [0.3, 0.4) is 0 Å². The summed E-state index contributed by atoms with van der Waals surface area (Å²) in [4.78, 5) is 1.50. The van der Waals surface area contributed by atoms with Crippen molar-refractivity contribution in [2.24, 2.45) is 0 Å². The third-order valence-corrected chi connectivity index (χ3v) is 8.33. The summed E-state index contributed by atoms with van der Waals surface area (Å²) >= 11 is 6.34. The highest BCUT2D eigenvalue weighted by atomic mass is 35.5. The van der Waals surface area contributed by atoms with Crippen LogP contribution in [0.25, 0.3) is 11.1 Å². The van der Waals surface area contributed by atoms with Crippen molar-refractivity contribution in [3.63, 3.8) is 0 Å². The van der Waals surface area contributed by atoms with Gasteiger partial charge >= 0.3 is 6.18 Å². The smallest absolute Gasteiger partial charge is 0.417 e. The summed E-state index contributed by atoms with van der Waals surface area (Å²) in [6.45, 7) is 2.49. The Morgan fingerprint density at radius 3 is 2.32 bits per heavy atom. The molecule has 0 aliphatic carbocycles. The number of aliphatic hydroxyl groups excluding tert-OH is 1.